The monoisotopic (exact) mass is 402 g/mol. The molecule has 2 rings (SSSR count). The van der Waals surface area contributed by atoms with Crippen molar-refractivity contribution in [3.8, 4) is 5.69 Å². The highest BCUT2D eigenvalue weighted by molar-refractivity contribution is 8.12. The van der Waals surface area contributed by atoms with Crippen molar-refractivity contribution >= 4 is 44.8 Å². The quantitative estimate of drug-likeness (QED) is 0.630. The van der Waals surface area contributed by atoms with E-state index in [9.17, 15) is 13.2 Å². The van der Waals surface area contributed by atoms with Crippen LogP contribution in [0, 0.1) is 0 Å². The summed E-state index contributed by atoms with van der Waals surface area (Å²) >= 11 is 7.42. The number of amides is 1. The van der Waals surface area contributed by atoms with Gasteiger partial charge < -0.3 is 4.90 Å². The maximum atomic E-state index is 12.5. The first-order chi connectivity index (χ1) is 11.8. The lowest BCUT2D eigenvalue weighted by Gasteiger charge is -2.19. The largest absolute Gasteiger partial charge is 0.308 e. The molecule has 0 saturated heterocycles. The fourth-order valence-corrected chi connectivity index (χ4v) is 4.37. The molecule has 0 fully saturated rings. The molecule has 2 heterocycles. The summed E-state index contributed by atoms with van der Waals surface area (Å²) in [7, 11) is -3.04. The van der Waals surface area contributed by atoms with Gasteiger partial charge in [0.15, 0.2) is 15.0 Å². The number of halogens is 1. The highest BCUT2D eigenvalue weighted by Gasteiger charge is 2.20. The summed E-state index contributed by atoms with van der Waals surface area (Å²) in [6.07, 6.45) is 6.39. The van der Waals surface area contributed by atoms with E-state index in [0.29, 0.717) is 18.0 Å². The average molecular weight is 403 g/mol. The number of rotatable bonds is 8. The van der Waals surface area contributed by atoms with Crippen LogP contribution >= 0.6 is 23.4 Å². The molecule has 2 aromatic rings. The molecular formula is C15H19ClN4O3S2. The first-order valence-electron chi connectivity index (χ1n) is 7.53. The number of nitrogens with zero attached hydrogens (tertiary/aromatic N) is 4. The van der Waals surface area contributed by atoms with Crippen molar-refractivity contribution in [2.75, 3.05) is 28.5 Å². The SMILES string of the molecule is CCN(C(=O)CCSCS(C)(=O)=O)c1cn(-c2cccnc2)nc1Cl. The number of carbonyl (C=O) groups is 1. The third kappa shape index (κ3) is 5.72. The minimum absolute atomic E-state index is 0.00605. The van der Waals surface area contributed by atoms with Crippen LogP contribution in [0.5, 0.6) is 0 Å². The Morgan fingerprint density at radius 1 is 1.44 bits per heavy atom. The van der Waals surface area contributed by atoms with E-state index < -0.39 is 9.84 Å². The molecule has 0 bridgehead atoms. The van der Waals surface area contributed by atoms with Crippen LogP contribution in [0.15, 0.2) is 30.7 Å². The van der Waals surface area contributed by atoms with E-state index in [0.717, 1.165) is 5.69 Å². The summed E-state index contributed by atoms with van der Waals surface area (Å²) in [4.78, 5) is 18.0. The van der Waals surface area contributed by atoms with Crippen LogP contribution in [0.1, 0.15) is 13.3 Å². The van der Waals surface area contributed by atoms with Crippen LogP contribution in [-0.2, 0) is 14.6 Å². The lowest BCUT2D eigenvalue weighted by atomic mass is 10.3. The fraction of sp³-hybridized carbons (Fsp3) is 0.400. The molecule has 0 aliphatic heterocycles. The van der Waals surface area contributed by atoms with Gasteiger partial charge >= 0.3 is 0 Å². The Kier molecular flexibility index (Phi) is 6.86. The Morgan fingerprint density at radius 3 is 2.80 bits per heavy atom. The zero-order valence-corrected chi connectivity index (χ0v) is 16.3. The number of anilines is 1. The van der Waals surface area contributed by atoms with E-state index >= 15 is 0 Å². The first-order valence-corrected chi connectivity index (χ1v) is 11.1. The molecule has 0 saturated carbocycles. The van der Waals surface area contributed by atoms with Crippen LogP contribution in [0.3, 0.4) is 0 Å². The van der Waals surface area contributed by atoms with Crippen LogP contribution in [-0.4, -0.2) is 52.7 Å². The summed E-state index contributed by atoms with van der Waals surface area (Å²) in [5.41, 5.74) is 1.26. The molecule has 10 heteroatoms. The van der Waals surface area contributed by atoms with Gasteiger partial charge in [0.25, 0.3) is 0 Å². The third-order valence-corrected chi connectivity index (χ3v) is 6.37. The second kappa shape index (κ2) is 8.68. The molecule has 0 radical (unpaired) electrons. The van der Waals surface area contributed by atoms with E-state index in [1.165, 1.54) is 18.0 Å². The molecule has 0 spiro atoms. The highest BCUT2D eigenvalue weighted by atomic mass is 35.5. The molecular weight excluding hydrogens is 384 g/mol. The summed E-state index contributed by atoms with van der Waals surface area (Å²) in [5.74, 6) is 0.299. The standard InChI is InChI=1S/C15H19ClN4O3S2/c1-3-19(14(21)6-8-24-11-25(2,22)23)13-10-20(18-15(13)16)12-5-4-7-17-9-12/h4-5,7,9-10H,3,6,8,11H2,1-2H3. The lowest BCUT2D eigenvalue weighted by molar-refractivity contribution is -0.118. The van der Waals surface area contributed by atoms with E-state index in [1.54, 1.807) is 34.2 Å². The number of hydrogen-bond donors (Lipinski definition) is 0. The van der Waals surface area contributed by atoms with Gasteiger partial charge in [-0.05, 0) is 19.1 Å². The summed E-state index contributed by atoms with van der Waals surface area (Å²) in [5, 5.41) is 4.46. The Bertz CT molecular complexity index is 825. The Balaban J connectivity index is 2.07. The highest BCUT2D eigenvalue weighted by Crippen LogP contribution is 2.26. The van der Waals surface area contributed by atoms with E-state index in [-0.39, 0.29) is 22.6 Å². The minimum Gasteiger partial charge on any atom is -0.308 e. The van der Waals surface area contributed by atoms with E-state index in [1.807, 2.05) is 13.0 Å². The van der Waals surface area contributed by atoms with E-state index in [2.05, 4.69) is 10.1 Å². The predicted molar refractivity (Wildman–Crippen MR) is 101 cm³/mol. The van der Waals surface area contributed by atoms with Gasteiger partial charge in [-0.1, -0.05) is 11.6 Å². The minimum atomic E-state index is -3.04. The molecule has 0 aliphatic rings. The van der Waals surface area contributed by atoms with Gasteiger partial charge in [0.1, 0.15) is 5.69 Å². The normalized spacial score (nSPS) is 11.5. The maximum Gasteiger partial charge on any atom is 0.227 e. The van der Waals surface area contributed by atoms with Crippen molar-refractivity contribution in [3.63, 3.8) is 0 Å². The summed E-state index contributed by atoms with van der Waals surface area (Å²) in [6, 6.07) is 3.62. The molecule has 136 valence electrons. The van der Waals surface area contributed by atoms with Gasteiger partial charge in [0.05, 0.1) is 23.2 Å². The van der Waals surface area contributed by atoms with Crippen LogP contribution in [0.25, 0.3) is 5.69 Å². The van der Waals surface area contributed by atoms with Gasteiger partial charge in [-0.2, -0.15) is 5.10 Å². The molecule has 7 nitrogen and oxygen atoms in total. The third-order valence-electron chi connectivity index (χ3n) is 3.23. The maximum absolute atomic E-state index is 12.5. The zero-order valence-electron chi connectivity index (χ0n) is 13.9. The second-order valence-corrected chi connectivity index (χ2v) is 9.27. The first kappa shape index (κ1) is 19.7. The molecule has 0 atom stereocenters. The van der Waals surface area contributed by atoms with Gasteiger partial charge in [-0.25, -0.2) is 13.1 Å². The molecule has 0 aliphatic carbocycles. The van der Waals surface area contributed by atoms with Gasteiger partial charge in [0.2, 0.25) is 5.91 Å². The molecule has 0 aromatic carbocycles. The Hall–Kier alpha value is -1.58. The number of hydrogen-bond acceptors (Lipinski definition) is 6. The van der Waals surface area contributed by atoms with Crippen molar-refractivity contribution in [1.82, 2.24) is 14.8 Å². The van der Waals surface area contributed by atoms with Crippen LogP contribution in [0.4, 0.5) is 5.69 Å². The number of aromatic nitrogens is 3. The van der Waals surface area contributed by atoms with Gasteiger partial charge in [-0.3, -0.25) is 9.78 Å². The number of sulfone groups is 1. The molecule has 1 amide bonds. The molecule has 25 heavy (non-hydrogen) atoms. The Labute approximate surface area is 156 Å². The zero-order chi connectivity index (χ0) is 18.4. The smallest absolute Gasteiger partial charge is 0.227 e. The topological polar surface area (TPSA) is 85.2 Å². The molecule has 2 aromatic heterocycles. The van der Waals surface area contributed by atoms with Gasteiger partial charge in [-0.15, -0.1) is 11.8 Å². The van der Waals surface area contributed by atoms with Crippen molar-refractivity contribution in [2.24, 2.45) is 0 Å². The molecule has 0 N–H and O–H groups in total. The van der Waals surface area contributed by atoms with Crippen LogP contribution < -0.4 is 4.90 Å². The average Bonchev–Trinajstić information content (AvgIpc) is 2.94. The molecule has 0 unspecified atom stereocenters. The number of thioether (sulfide) groups is 1. The number of carbonyl (C=O) groups excluding carboxylic acids is 1. The van der Waals surface area contributed by atoms with Crippen molar-refractivity contribution < 1.29 is 13.2 Å². The summed E-state index contributed by atoms with van der Waals surface area (Å²) in [6.45, 7) is 2.29. The van der Waals surface area contributed by atoms with Crippen molar-refractivity contribution in [2.45, 2.75) is 13.3 Å². The second-order valence-electron chi connectivity index (χ2n) is 5.30. The number of pyridine rings is 1. The van der Waals surface area contributed by atoms with Gasteiger partial charge in [0, 0.05) is 31.2 Å². The van der Waals surface area contributed by atoms with Crippen molar-refractivity contribution in [3.05, 3.63) is 35.9 Å². The predicted octanol–water partition coefficient (Wildman–Crippen LogP) is 2.40. The Morgan fingerprint density at radius 2 is 2.20 bits per heavy atom. The van der Waals surface area contributed by atoms with Crippen LogP contribution in [0.2, 0.25) is 5.15 Å². The fourth-order valence-electron chi connectivity index (χ4n) is 2.13. The lowest BCUT2D eigenvalue weighted by Crippen LogP contribution is -2.30. The van der Waals surface area contributed by atoms with E-state index in [4.69, 9.17) is 11.6 Å². The van der Waals surface area contributed by atoms with Crippen molar-refractivity contribution in [1.29, 1.82) is 0 Å². The summed E-state index contributed by atoms with van der Waals surface area (Å²) < 4.78 is 23.8.